The number of aromatic nitrogens is 4. The van der Waals surface area contributed by atoms with Crippen molar-refractivity contribution in [1.82, 2.24) is 19.4 Å². The van der Waals surface area contributed by atoms with E-state index >= 15 is 0 Å². The zero-order valence-electron chi connectivity index (χ0n) is 10.8. The third-order valence-corrected chi connectivity index (χ3v) is 3.14. The lowest BCUT2D eigenvalue weighted by Gasteiger charge is -2.04. The van der Waals surface area contributed by atoms with Gasteiger partial charge in [0.05, 0.1) is 23.1 Å². The molecule has 4 nitrogen and oxygen atoms in total. The molecule has 0 N–H and O–H groups in total. The first kappa shape index (κ1) is 11.0. The largest absolute Gasteiger partial charge is 0.269 e. The fraction of sp³-hybridized carbons (Fsp3) is 0.286. The number of aryl methyl sites for hydroxylation is 1. The van der Waals surface area contributed by atoms with Gasteiger partial charge in [0.1, 0.15) is 0 Å². The van der Waals surface area contributed by atoms with Crippen LogP contribution in [0, 0.1) is 6.92 Å². The topological polar surface area (TPSA) is 35.1 Å². The number of hydrogen-bond donors (Lipinski definition) is 0. The van der Waals surface area contributed by atoms with Crippen LogP contribution in [0.2, 0.25) is 0 Å². The molecule has 0 aliphatic heterocycles. The van der Waals surface area contributed by atoms with Crippen molar-refractivity contribution in [3.05, 3.63) is 42.4 Å². The fourth-order valence-corrected chi connectivity index (χ4v) is 2.15. The van der Waals surface area contributed by atoms with Gasteiger partial charge in [-0.25, -0.2) is 4.52 Å². The highest BCUT2D eigenvalue weighted by atomic mass is 15.3. The second-order valence-electron chi connectivity index (χ2n) is 4.78. The Hall–Kier alpha value is -2.10. The normalized spacial score (nSPS) is 11.6. The van der Waals surface area contributed by atoms with E-state index in [1.807, 2.05) is 28.4 Å². The van der Waals surface area contributed by atoms with E-state index in [0.717, 1.165) is 22.5 Å². The molecule has 3 aromatic heterocycles. The maximum Gasteiger partial charge on any atom is 0.0759 e. The van der Waals surface area contributed by atoms with Crippen molar-refractivity contribution in [3.63, 3.8) is 0 Å². The van der Waals surface area contributed by atoms with Crippen LogP contribution < -0.4 is 0 Å². The zero-order chi connectivity index (χ0) is 12.7. The predicted octanol–water partition coefficient (Wildman–Crippen LogP) is 3.09. The predicted molar refractivity (Wildman–Crippen MR) is 71.5 cm³/mol. The van der Waals surface area contributed by atoms with Crippen LogP contribution in [0.3, 0.4) is 0 Å². The molecule has 3 aromatic rings. The van der Waals surface area contributed by atoms with Crippen LogP contribution >= 0.6 is 0 Å². The third-order valence-electron chi connectivity index (χ3n) is 3.14. The van der Waals surface area contributed by atoms with E-state index in [1.54, 1.807) is 0 Å². The van der Waals surface area contributed by atoms with Gasteiger partial charge in [-0.1, -0.05) is 6.07 Å². The monoisotopic (exact) mass is 240 g/mol. The summed E-state index contributed by atoms with van der Waals surface area (Å²) in [7, 11) is 0. The van der Waals surface area contributed by atoms with Crippen molar-refractivity contribution < 1.29 is 0 Å². The van der Waals surface area contributed by atoms with Crippen molar-refractivity contribution in [1.29, 1.82) is 0 Å². The van der Waals surface area contributed by atoms with Crippen LogP contribution in [0.25, 0.3) is 16.8 Å². The van der Waals surface area contributed by atoms with Crippen LogP contribution in [0.1, 0.15) is 25.6 Å². The van der Waals surface area contributed by atoms with E-state index in [9.17, 15) is 0 Å². The van der Waals surface area contributed by atoms with E-state index < -0.39 is 0 Å². The Morgan fingerprint density at radius 1 is 1.17 bits per heavy atom. The van der Waals surface area contributed by atoms with Gasteiger partial charge < -0.3 is 0 Å². The maximum atomic E-state index is 4.55. The standard InChI is InChI=1S/C14H16N4/c1-10(2)17-9-13(11(3)16-17)14-6-4-5-12-7-8-15-18(12)14/h4-10H,1-3H3. The summed E-state index contributed by atoms with van der Waals surface area (Å²) in [5.41, 5.74) is 4.36. The number of hydrogen-bond acceptors (Lipinski definition) is 2. The van der Waals surface area contributed by atoms with Gasteiger partial charge in [-0.2, -0.15) is 10.2 Å². The molecule has 0 spiro atoms. The molecule has 0 aromatic carbocycles. The van der Waals surface area contributed by atoms with E-state index in [0.29, 0.717) is 6.04 Å². The summed E-state index contributed by atoms with van der Waals surface area (Å²) in [5, 5.41) is 8.92. The Bertz CT molecular complexity index is 691. The summed E-state index contributed by atoms with van der Waals surface area (Å²) < 4.78 is 3.95. The molecular weight excluding hydrogens is 224 g/mol. The molecule has 3 heterocycles. The average molecular weight is 240 g/mol. The van der Waals surface area contributed by atoms with Gasteiger partial charge in [0, 0.05) is 17.8 Å². The second kappa shape index (κ2) is 3.98. The number of nitrogens with zero attached hydrogens (tertiary/aromatic N) is 4. The molecule has 18 heavy (non-hydrogen) atoms. The molecule has 0 saturated carbocycles. The molecule has 0 amide bonds. The Morgan fingerprint density at radius 2 is 2.00 bits per heavy atom. The molecule has 0 fully saturated rings. The van der Waals surface area contributed by atoms with Crippen LogP contribution in [-0.2, 0) is 0 Å². The van der Waals surface area contributed by atoms with Crippen LogP contribution in [0.4, 0.5) is 0 Å². The zero-order valence-corrected chi connectivity index (χ0v) is 10.8. The average Bonchev–Trinajstić information content (AvgIpc) is 2.94. The summed E-state index contributed by atoms with van der Waals surface area (Å²) >= 11 is 0. The minimum absolute atomic E-state index is 0.370. The van der Waals surface area contributed by atoms with E-state index in [2.05, 4.69) is 48.4 Å². The molecule has 92 valence electrons. The first-order valence-electron chi connectivity index (χ1n) is 6.15. The summed E-state index contributed by atoms with van der Waals surface area (Å²) in [5.74, 6) is 0. The minimum Gasteiger partial charge on any atom is -0.269 e. The highest BCUT2D eigenvalue weighted by Crippen LogP contribution is 2.24. The van der Waals surface area contributed by atoms with Gasteiger partial charge in [-0.15, -0.1) is 0 Å². The van der Waals surface area contributed by atoms with Gasteiger partial charge >= 0.3 is 0 Å². The van der Waals surface area contributed by atoms with Crippen LogP contribution in [0.5, 0.6) is 0 Å². The van der Waals surface area contributed by atoms with Crippen molar-refractivity contribution in [3.8, 4) is 11.3 Å². The van der Waals surface area contributed by atoms with Gasteiger partial charge in [-0.05, 0) is 39.0 Å². The third kappa shape index (κ3) is 1.61. The highest BCUT2D eigenvalue weighted by Gasteiger charge is 2.12. The molecule has 0 unspecified atom stereocenters. The molecule has 0 atom stereocenters. The van der Waals surface area contributed by atoms with E-state index in [-0.39, 0.29) is 0 Å². The molecule has 0 aliphatic rings. The molecule has 0 saturated heterocycles. The lowest BCUT2D eigenvalue weighted by molar-refractivity contribution is 0.529. The van der Waals surface area contributed by atoms with Crippen molar-refractivity contribution in [2.24, 2.45) is 0 Å². The summed E-state index contributed by atoms with van der Waals surface area (Å²) in [4.78, 5) is 0. The van der Waals surface area contributed by atoms with Gasteiger partial charge in [0.15, 0.2) is 0 Å². The van der Waals surface area contributed by atoms with Gasteiger partial charge in [0.25, 0.3) is 0 Å². The fourth-order valence-electron chi connectivity index (χ4n) is 2.15. The summed E-state index contributed by atoms with van der Waals surface area (Å²) in [6, 6.07) is 8.56. The highest BCUT2D eigenvalue weighted by molar-refractivity contribution is 5.65. The smallest absolute Gasteiger partial charge is 0.0759 e. The molecule has 3 rings (SSSR count). The molecule has 4 heteroatoms. The number of fused-ring (bicyclic) bond motifs is 1. The minimum atomic E-state index is 0.370. The van der Waals surface area contributed by atoms with Crippen molar-refractivity contribution >= 4 is 5.52 Å². The molecule has 0 bridgehead atoms. The Balaban J connectivity index is 2.23. The molecule has 0 aliphatic carbocycles. The molecular formula is C14H16N4. The first-order valence-corrected chi connectivity index (χ1v) is 6.15. The lowest BCUT2D eigenvalue weighted by atomic mass is 10.1. The van der Waals surface area contributed by atoms with Crippen molar-refractivity contribution in [2.75, 3.05) is 0 Å². The first-order chi connectivity index (χ1) is 8.66. The number of rotatable bonds is 2. The van der Waals surface area contributed by atoms with Gasteiger partial charge in [-0.3, -0.25) is 4.68 Å². The quantitative estimate of drug-likeness (QED) is 0.690. The number of pyridine rings is 1. The lowest BCUT2D eigenvalue weighted by Crippen LogP contribution is -2.00. The van der Waals surface area contributed by atoms with Gasteiger partial charge in [0.2, 0.25) is 0 Å². The summed E-state index contributed by atoms with van der Waals surface area (Å²) in [6.07, 6.45) is 3.91. The summed E-state index contributed by atoms with van der Waals surface area (Å²) in [6.45, 7) is 6.30. The Labute approximate surface area is 106 Å². The van der Waals surface area contributed by atoms with Crippen molar-refractivity contribution in [2.45, 2.75) is 26.8 Å². The van der Waals surface area contributed by atoms with E-state index in [1.165, 1.54) is 0 Å². The Morgan fingerprint density at radius 3 is 2.72 bits per heavy atom. The van der Waals surface area contributed by atoms with E-state index in [4.69, 9.17) is 0 Å². The SMILES string of the molecule is Cc1nn(C(C)C)cc1-c1cccc2ccnn12. The van der Waals surface area contributed by atoms with Crippen LogP contribution in [0.15, 0.2) is 36.7 Å². The Kier molecular flexibility index (Phi) is 2.44. The second-order valence-corrected chi connectivity index (χ2v) is 4.78. The molecule has 0 radical (unpaired) electrons. The maximum absolute atomic E-state index is 4.55. The van der Waals surface area contributed by atoms with Crippen LogP contribution in [-0.4, -0.2) is 19.4 Å².